The van der Waals surface area contributed by atoms with Crippen LogP contribution in [0.2, 0.25) is 0 Å². The number of likely N-dealkylation sites (N-methyl/N-ethyl adjacent to an activating group) is 1. The molecule has 0 unspecified atom stereocenters. The smallest absolute Gasteiger partial charge is 0.243 e. The molecule has 10 heteroatoms. The second-order valence-electron chi connectivity index (χ2n) is 5.12. The van der Waals surface area contributed by atoms with Crippen LogP contribution < -0.4 is 11.1 Å². The summed E-state index contributed by atoms with van der Waals surface area (Å²) in [6.45, 7) is 5.28. The first-order valence-electron chi connectivity index (χ1n) is 7.30. The van der Waals surface area contributed by atoms with E-state index in [1.54, 1.807) is 18.2 Å². The first-order chi connectivity index (χ1) is 10.5. The molecule has 0 saturated carbocycles. The van der Waals surface area contributed by atoms with E-state index in [0.29, 0.717) is 18.8 Å². The first kappa shape index (κ1) is 23.1. The van der Waals surface area contributed by atoms with E-state index < -0.39 is 10.0 Å². The molecular formula is C14H24Cl2N4O3S. The maximum atomic E-state index is 12.7. The van der Waals surface area contributed by atoms with Gasteiger partial charge in [0.2, 0.25) is 15.9 Å². The lowest BCUT2D eigenvalue weighted by Crippen LogP contribution is -2.48. The fraction of sp³-hybridized carbons (Fsp3) is 0.500. The van der Waals surface area contributed by atoms with E-state index in [2.05, 4.69) is 17.1 Å². The van der Waals surface area contributed by atoms with Crippen molar-refractivity contribution in [2.75, 3.05) is 44.6 Å². The standard InChI is InChI=1S/C14H22N4O3S.2ClH/c1-2-17-6-8-18(9-7-17)22(20,21)13-5-3-4-12(10-13)16-14(19)11-15;;/h3-5,10H,2,6-9,11,15H2,1H3,(H,16,19);2*1H. The van der Waals surface area contributed by atoms with Gasteiger partial charge in [-0.05, 0) is 24.7 Å². The Bertz CT molecular complexity index is 635. The molecule has 0 aliphatic carbocycles. The quantitative estimate of drug-likeness (QED) is 0.762. The van der Waals surface area contributed by atoms with E-state index in [0.717, 1.165) is 19.6 Å². The van der Waals surface area contributed by atoms with Crippen LogP contribution in [-0.2, 0) is 14.8 Å². The highest BCUT2D eigenvalue weighted by Crippen LogP contribution is 2.20. The van der Waals surface area contributed by atoms with Crippen LogP contribution in [0.15, 0.2) is 29.2 Å². The lowest BCUT2D eigenvalue weighted by atomic mass is 10.3. The molecule has 3 N–H and O–H groups in total. The van der Waals surface area contributed by atoms with Crippen LogP contribution >= 0.6 is 24.8 Å². The highest BCUT2D eigenvalue weighted by Gasteiger charge is 2.28. The Morgan fingerprint density at radius 1 is 1.21 bits per heavy atom. The van der Waals surface area contributed by atoms with Crippen molar-refractivity contribution in [2.45, 2.75) is 11.8 Å². The van der Waals surface area contributed by atoms with Gasteiger partial charge in [0, 0.05) is 31.9 Å². The molecule has 1 aromatic carbocycles. The van der Waals surface area contributed by atoms with Crippen molar-refractivity contribution in [3.8, 4) is 0 Å². The van der Waals surface area contributed by atoms with Crippen molar-refractivity contribution in [2.24, 2.45) is 5.73 Å². The fourth-order valence-electron chi connectivity index (χ4n) is 2.38. The summed E-state index contributed by atoms with van der Waals surface area (Å²) in [7, 11) is -3.53. The van der Waals surface area contributed by atoms with Crippen molar-refractivity contribution in [1.29, 1.82) is 0 Å². The van der Waals surface area contributed by atoms with Crippen molar-refractivity contribution in [3.05, 3.63) is 24.3 Å². The minimum absolute atomic E-state index is 0. The third-order valence-electron chi connectivity index (χ3n) is 3.72. The molecule has 1 amide bonds. The van der Waals surface area contributed by atoms with E-state index in [-0.39, 0.29) is 42.2 Å². The number of hydrogen-bond donors (Lipinski definition) is 2. The number of benzene rings is 1. The molecule has 1 saturated heterocycles. The lowest BCUT2D eigenvalue weighted by Gasteiger charge is -2.33. The SMILES string of the molecule is CCN1CCN(S(=O)(=O)c2cccc(NC(=O)CN)c2)CC1.Cl.Cl. The van der Waals surface area contributed by atoms with Gasteiger partial charge in [-0.15, -0.1) is 24.8 Å². The average Bonchev–Trinajstić information content (AvgIpc) is 2.55. The van der Waals surface area contributed by atoms with E-state index in [1.807, 2.05) is 0 Å². The number of piperazine rings is 1. The minimum Gasteiger partial charge on any atom is -0.325 e. The van der Waals surface area contributed by atoms with Gasteiger partial charge < -0.3 is 16.0 Å². The Morgan fingerprint density at radius 2 is 1.83 bits per heavy atom. The molecule has 1 heterocycles. The Kier molecular flexibility index (Phi) is 9.79. The van der Waals surface area contributed by atoms with Crippen molar-refractivity contribution < 1.29 is 13.2 Å². The van der Waals surface area contributed by atoms with Crippen molar-refractivity contribution in [3.63, 3.8) is 0 Å². The molecule has 7 nitrogen and oxygen atoms in total. The summed E-state index contributed by atoms with van der Waals surface area (Å²) in [4.78, 5) is 13.7. The molecule has 0 spiro atoms. The second-order valence-corrected chi connectivity index (χ2v) is 7.06. The highest BCUT2D eigenvalue weighted by atomic mass is 35.5. The summed E-state index contributed by atoms with van der Waals surface area (Å²) < 4.78 is 26.8. The third kappa shape index (κ3) is 5.58. The predicted octanol–water partition coefficient (Wildman–Crippen LogP) is 0.754. The van der Waals surface area contributed by atoms with Gasteiger partial charge in [0.1, 0.15) is 0 Å². The van der Waals surface area contributed by atoms with Gasteiger partial charge in [-0.1, -0.05) is 13.0 Å². The summed E-state index contributed by atoms with van der Waals surface area (Å²) in [6.07, 6.45) is 0. The molecule has 2 rings (SSSR count). The van der Waals surface area contributed by atoms with E-state index in [9.17, 15) is 13.2 Å². The summed E-state index contributed by atoms with van der Waals surface area (Å²) in [5, 5.41) is 2.57. The normalized spacial score (nSPS) is 15.9. The number of nitrogens with two attached hydrogens (primary N) is 1. The maximum absolute atomic E-state index is 12.7. The number of amides is 1. The van der Waals surface area contributed by atoms with E-state index in [1.165, 1.54) is 10.4 Å². The number of nitrogens with one attached hydrogen (secondary N) is 1. The zero-order valence-electron chi connectivity index (χ0n) is 13.5. The van der Waals surface area contributed by atoms with E-state index >= 15 is 0 Å². The number of rotatable bonds is 5. The number of anilines is 1. The van der Waals surface area contributed by atoms with Crippen LogP contribution in [0.4, 0.5) is 5.69 Å². The summed E-state index contributed by atoms with van der Waals surface area (Å²) in [6, 6.07) is 6.26. The lowest BCUT2D eigenvalue weighted by molar-refractivity contribution is -0.114. The Labute approximate surface area is 155 Å². The zero-order chi connectivity index (χ0) is 16.2. The van der Waals surface area contributed by atoms with Gasteiger partial charge >= 0.3 is 0 Å². The molecule has 0 bridgehead atoms. The second kappa shape index (κ2) is 10.2. The summed E-state index contributed by atoms with van der Waals surface area (Å²) in [5.74, 6) is -0.355. The fourth-order valence-corrected chi connectivity index (χ4v) is 3.85. The first-order valence-corrected chi connectivity index (χ1v) is 8.74. The van der Waals surface area contributed by atoms with Crippen molar-refractivity contribution >= 4 is 46.4 Å². The van der Waals surface area contributed by atoms with Crippen LogP contribution in [-0.4, -0.2) is 62.8 Å². The zero-order valence-corrected chi connectivity index (χ0v) is 15.9. The minimum atomic E-state index is -3.53. The molecule has 1 aromatic rings. The van der Waals surface area contributed by atoms with Crippen LogP contribution in [0.3, 0.4) is 0 Å². The summed E-state index contributed by atoms with van der Waals surface area (Å²) >= 11 is 0. The largest absolute Gasteiger partial charge is 0.325 e. The van der Waals surface area contributed by atoms with Gasteiger partial charge in [-0.3, -0.25) is 4.79 Å². The average molecular weight is 399 g/mol. The molecule has 1 aliphatic heterocycles. The molecule has 0 radical (unpaired) electrons. The number of halogens is 2. The summed E-state index contributed by atoms with van der Waals surface area (Å²) in [5.41, 5.74) is 5.68. The number of carbonyl (C=O) groups is 1. The predicted molar refractivity (Wildman–Crippen MR) is 99.5 cm³/mol. The van der Waals surface area contributed by atoms with Gasteiger partial charge in [0.05, 0.1) is 11.4 Å². The van der Waals surface area contributed by atoms with Crippen LogP contribution in [0.5, 0.6) is 0 Å². The van der Waals surface area contributed by atoms with Crippen LogP contribution in [0, 0.1) is 0 Å². The molecule has 0 atom stereocenters. The Balaban J connectivity index is 0.00000264. The monoisotopic (exact) mass is 398 g/mol. The van der Waals surface area contributed by atoms with Crippen LogP contribution in [0.25, 0.3) is 0 Å². The molecule has 24 heavy (non-hydrogen) atoms. The number of carbonyl (C=O) groups excluding carboxylic acids is 1. The van der Waals surface area contributed by atoms with Gasteiger partial charge in [0.15, 0.2) is 0 Å². The van der Waals surface area contributed by atoms with Crippen LogP contribution in [0.1, 0.15) is 6.92 Å². The van der Waals surface area contributed by atoms with E-state index in [4.69, 9.17) is 5.73 Å². The number of sulfonamides is 1. The molecular weight excluding hydrogens is 375 g/mol. The number of nitrogens with zero attached hydrogens (tertiary/aromatic N) is 2. The van der Waals surface area contributed by atoms with Gasteiger partial charge in [-0.25, -0.2) is 8.42 Å². The Hall–Kier alpha value is -0.900. The topological polar surface area (TPSA) is 95.7 Å². The third-order valence-corrected chi connectivity index (χ3v) is 5.61. The highest BCUT2D eigenvalue weighted by molar-refractivity contribution is 7.89. The molecule has 0 aromatic heterocycles. The maximum Gasteiger partial charge on any atom is 0.243 e. The van der Waals surface area contributed by atoms with Gasteiger partial charge in [0.25, 0.3) is 0 Å². The molecule has 1 fully saturated rings. The number of hydrogen-bond acceptors (Lipinski definition) is 5. The Morgan fingerprint density at radius 3 is 2.38 bits per heavy atom. The molecule has 1 aliphatic rings. The van der Waals surface area contributed by atoms with Gasteiger partial charge in [-0.2, -0.15) is 4.31 Å². The molecule has 138 valence electrons. The van der Waals surface area contributed by atoms with Crippen molar-refractivity contribution in [1.82, 2.24) is 9.21 Å².